The Labute approximate surface area is 195 Å². The van der Waals surface area contributed by atoms with Crippen LogP contribution >= 0.6 is 0 Å². The summed E-state index contributed by atoms with van der Waals surface area (Å²) in [6, 6.07) is 14.7. The average molecular weight is 467 g/mol. The highest BCUT2D eigenvalue weighted by Gasteiger charge is 2.27. The van der Waals surface area contributed by atoms with Crippen molar-refractivity contribution in [3.05, 3.63) is 76.6 Å². The minimum Gasteiger partial charge on any atom is -0.347 e. The molecule has 0 fully saturated rings. The van der Waals surface area contributed by atoms with Crippen molar-refractivity contribution in [1.82, 2.24) is 19.4 Å². The third kappa shape index (κ3) is 4.45. The fourth-order valence-electron chi connectivity index (χ4n) is 4.38. The quantitative estimate of drug-likeness (QED) is 0.549. The summed E-state index contributed by atoms with van der Waals surface area (Å²) in [5.41, 5.74) is 5.56. The van der Waals surface area contributed by atoms with Gasteiger partial charge in [-0.25, -0.2) is 13.1 Å². The van der Waals surface area contributed by atoms with Crippen LogP contribution in [-0.4, -0.2) is 41.5 Å². The van der Waals surface area contributed by atoms with Crippen LogP contribution in [0.4, 0.5) is 0 Å². The van der Waals surface area contributed by atoms with Gasteiger partial charge < -0.3 is 5.32 Å². The Morgan fingerprint density at radius 2 is 1.76 bits per heavy atom. The summed E-state index contributed by atoms with van der Waals surface area (Å²) in [7, 11) is -3.49. The van der Waals surface area contributed by atoms with Crippen LogP contribution in [0.5, 0.6) is 0 Å². The molecule has 2 aromatic carbocycles. The van der Waals surface area contributed by atoms with Crippen molar-refractivity contribution in [3.8, 4) is 5.69 Å². The van der Waals surface area contributed by atoms with Crippen LogP contribution in [0.1, 0.15) is 53.1 Å². The molecule has 1 N–H and O–H groups in total. The lowest BCUT2D eigenvalue weighted by Gasteiger charge is -2.18. The van der Waals surface area contributed by atoms with Gasteiger partial charge in [0.05, 0.1) is 10.6 Å². The summed E-state index contributed by atoms with van der Waals surface area (Å²) < 4.78 is 28.6. The van der Waals surface area contributed by atoms with E-state index in [1.54, 1.807) is 24.3 Å². The Bertz CT molecular complexity index is 1260. The lowest BCUT2D eigenvalue weighted by atomic mass is 10.1. The topological polar surface area (TPSA) is 84.3 Å². The number of hydrogen-bond acceptors (Lipinski definition) is 4. The molecule has 0 spiro atoms. The predicted molar refractivity (Wildman–Crippen MR) is 128 cm³/mol. The van der Waals surface area contributed by atoms with Gasteiger partial charge in [0, 0.05) is 30.9 Å². The Morgan fingerprint density at radius 3 is 2.42 bits per heavy atom. The van der Waals surface area contributed by atoms with Gasteiger partial charge in [0.25, 0.3) is 5.91 Å². The molecule has 0 saturated carbocycles. The smallest absolute Gasteiger partial charge is 0.272 e. The molecule has 0 bridgehead atoms. The van der Waals surface area contributed by atoms with E-state index in [-0.39, 0.29) is 10.8 Å². The van der Waals surface area contributed by atoms with Crippen LogP contribution in [0.25, 0.3) is 5.69 Å². The van der Waals surface area contributed by atoms with E-state index in [0.717, 1.165) is 47.3 Å². The number of carbonyl (C=O) groups is 1. The zero-order chi connectivity index (χ0) is 23.6. The Morgan fingerprint density at radius 1 is 1.06 bits per heavy atom. The van der Waals surface area contributed by atoms with E-state index in [2.05, 4.69) is 10.4 Å². The SMILES string of the molecule is CCN(CC)S(=O)(=O)c1ccc(CNC(=O)c2nn(-c3ccccc3C)c3c2CCC3)cc1. The minimum atomic E-state index is -3.49. The van der Waals surface area contributed by atoms with E-state index in [4.69, 9.17) is 0 Å². The molecular formula is C25H30N4O3S. The van der Waals surface area contributed by atoms with Gasteiger partial charge in [0.1, 0.15) is 0 Å². The van der Waals surface area contributed by atoms with Gasteiger partial charge in [-0.1, -0.05) is 44.2 Å². The summed E-state index contributed by atoms with van der Waals surface area (Å²) in [5.74, 6) is -0.208. The van der Waals surface area contributed by atoms with Gasteiger partial charge in [-0.3, -0.25) is 4.79 Å². The molecule has 7 nitrogen and oxygen atoms in total. The maximum absolute atomic E-state index is 13.0. The van der Waals surface area contributed by atoms with Crippen molar-refractivity contribution >= 4 is 15.9 Å². The number of benzene rings is 2. The molecule has 3 aromatic rings. The lowest BCUT2D eigenvalue weighted by molar-refractivity contribution is 0.0944. The van der Waals surface area contributed by atoms with Crippen molar-refractivity contribution in [3.63, 3.8) is 0 Å². The normalized spacial score (nSPS) is 13.3. The first-order valence-electron chi connectivity index (χ1n) is 11.4. The summed E-state index contributed by atoms with van der Waals surface area (Å²) in [6.07, 6.45) is 2.77. The number of fused-ring (bicyclic) bond motifs is 1. The van der Waals surface area contributed by atoms with Crippen LogP contribution < -0.4 is 5.32 Å². The molecule has 0 aliphatic heterocycles. The zero-order valence-corrected chi connectivity index (χ0v) is 20.2. The molecule has 33 heavy (non-hydrogen) atoms. The van der Waals surface area contributed by atoms with E-state index in [1.165, 1.54) is 4.31 Å². The second-order valence-corrected chi connectivity index (χ2v) is 10.2. The largest absolute Gasteiger partial charge is 0.347 e. The fourth-order valence-corrected chi connectivity index (χ4v) is 5.84. The maximum Gasteiger partial charge on any atom is 0.272 e. The summed E-state index contributed by atoms with van der Waals surface area (Å²) >= 11 is 0. The first kappa shape index (κ1) is 23.2. The van der Waals surface area contributed by atoms with Crippen LogP contribution in [0.3, 0.4) is 0 Å². The van der Waals surface area contributed by atoms with Crippen LogP contribution in [-0.2, 0) is 29.4 Å². The number of nitrogens with zero attached hydrogens (tertiary/aromatic N) is 3. The van der Waals surface area contributed by atoms with Gasteiger partial charge in [-0.15, -0.1) is 0 Å². The molecule has 1 aromatic heterocycles. The zero-order valence-electron chi connectivity index (χ0n) is 19.3. The van der Waals surface area contributed by atoms with E-state index in [9.17, 15) is 13.2 Å². The number of amides is 1. The number of sulfonamides is 1. The third-order valence-electron chi connectivity index (χ3n) is 6.21. The number of hydrogen-bond donors (Lipinski definition) is 1. The maximum atomic E-state index is 13.0. The number of para-hydroxylation sites is 1. The van der Waals surface area contributed by atoms with Gasteiger partial charge in [0.15, 0.2) is 5.69 Å². The van der Waals surface area contributed by atoms with Crippen LogP contribution in [0.2, 0.25) is 0 Å². The van der Waals surface area contributed by atoms with Crippen LogP contribution in [0.15, 0.2) is 53.4 Å². The molecule has 0 saturated heterocycles. The molecule has 0 radical (unpaired) electrons. The highest BCUT2D eigenvalue weighted by atomic mass is 32.2. The van der Waals surface area contributed by atoms with E-state index in [1.807, 2.05) is 49.7 Å². The predicted octanol–water partition coefficient (Wildman–Crippen LogP) is 3.63. The number of aryl methyl sites for hydroxylation is 1. The molecule has 1 amide bonds. The van der Waals surface area contributed by atoms with Gasteiger partial charge in [0.2, 0.25) is 10.0 Å². The van der Waals surface area contributed by atoms with E-state index < -0.39 is 10.0 Å². The highest BCUT2D eigenvalue weighted by molar-refractivity contribution is 7.89. The van der Waals surface area contributed by atoms with Gasteiger partial charge in [-0.2, -0.15) is 9.40 Å². The first-order valence-corrected chi connectivity index (χ1v) is 12.8. The monoisotopic (exact) mass is 466 g/mol. The van der Waals surface area contributed by atoms with Crippen molar-refractivity contribution in [2.45, 2.75) is 51.5 Å². The Balaban J connectivity index is 1.50. The van der Waals surface area contributed by atoms with Gasteiger partial charge in [-0.05, 0) is 55.5 Å². The molecule has 1 aliphatic carbocycles. The van der Waals surface area contributed by atoms with Crippen molar-refractivity contribution in [2.24, 2.45) is 0 Å². The summed E-state index contributed by atoms with van der Waals surface area (Å²) in [6.45, 7) is 6.84. The molecule has 174 valence electrons. The molecule has 1 aliphatic rings. The molecular weight excluding hydrogens is 436 g/mol. The molecule has 0 atom stereocenters. The molecule has 0 unspecified atom stereocenters. The van der Waals surface area contributed by atoms with E-state index >= 15 is 0 Å². The van der Waals surface area contributed by atoms with E-state index in [0.29, 0.717) is 25.3 Å². The third-order valence-corrected chi connectivity index (χ3v) is 8.27. The molecule has 1 heterocycles. The molecule has 4 rings (SSSR count). The number of aromatic nitrogens is 2. The highest BCUT2D eigenvalue weighted by Crippen LogP contribution is 2.29. The second kappa shape index (κ2) is 9.49. The fraction of sp³-hybridized carbons (Fsp3) is 0.360. The second-order valence-electron chi connectivity index (χ2n) is 8.24. The van der Waals surface area contributed by atoms with Crippen molar-refractivity contribution < 1.29 is 13.2 Å². The van der Waals surface area contributed by atoms with Crippen molar-refractivity contribution in [2.75, 3.05) is 13.1 Å². The lowest BCUT2D eigenvalue weighted by Crippen LogP contribution is -2.30. The first-order chi connectivity index (χ1) is 15.9. The van der Waals surface area contributed by atoms with Gasteiger partial charge >= 0.3 is 0 Å². The number of rotatable bonds is 8. The summed E-state index contributed by atoms with van der Waals surface area (Å²) in [5, 5.41) is 7.63. The minimum absolute atomic E-state index is 0.208. The molecule has 8 heteroatoms. The summed E-state index contributed by atoms with van der Waals surface area (Å²) in [4.78, 5) is 13.3. The standard InChI is InChI=1S/C25H30N4O3S/c1-4-28(5-2)33(31,32)20-15-13-19(14-16-20)17-26-25(30)24-21-10-8-12-23(21)29(27-24)22-11-7-6-9-18(22)3/h6-7,9,11,13-16H,4-5,8,10,12,17H2,1-3H3,(H,26,30). The average Bonchev–Trinajstić information content (AvgIpc) is 3.42. The number of carbonyl (C=O) groups excluding carboxylic acids is 1. The Hall–Kier alpha value is -2.97. The van der Waals surface area contributed by atoms with Crippen molar-refractivity contribution in [1.29, 1.82) is 0 Å². The number of nitrogens with one attached hydrogen (secondary N) is 1. The Kier molecular flexibility index (Phi) is 6.67. The van der Waals surface area contributed by atoms with Crippen LogP contribution in [0, 0.1) is 6.92 Å².